The number of amides is 1. The van der Waals surface area contributed by atoms with Gasteiger partial charge in [-0.05, 0) is 31.2 Å². The van der Waals surface area contributed by atoms with E-state index < -0.39 is 0 Å². The molecule has 1 heterocycles. The van der Waals surface area contributed by atoms with Gasteiger partial charge in [-0.1, -0.05) is 0 Å². The topological polar surface area (TPSA) is 51.0 Å². The van der Waals surface area contributed by atoms with Crippen LogP contribution in [0.1, 0.15) is 6.92 Å². The average Bonchev–Trinajstić information content (AvgIpc) is 2.85. The van der Waals surface area contributed by atoms with Crippen molar-refractivity contribution in [2.75, 3.05) is 11.4 Å². The monoisotopic (exact) mass is 248 g/mol. The molecule has 0 unspecified atom stereocenters. The third kappa shape index (κ3) is 2.71. The van der Waals surface area contributed by atoms with E-state index in [0.717, 1.165) is 0 Å². The summed E-state index contributed by atoms with van der Waals surface area (Å²) >= 11 is 0. The van der Waals surface area contributed by atoms with E-state index in [2.05, 4.69) is 10.1 Å². The molecule has 1 amide bonds. The third-order valence-electron chi connectivity index (χ3n) is 2.52. The van der Waals surface area contributed by atoms with Gasteiger partial charge in [-0.25, -0.2) is 14.1 Å². The smallest absolute Gasteiger partial charge is 0.248 e. The Morgan fingerprint density at radius 2 is 2.11 bits per heavy atom. The van der Waals surface area contributed by atoms with Crippen molar-refractivity contribution in [2.45, 2.75) is 13.5 Å². The van der Waals surface area contributed by atoms with Crippen molar-refractivity contribution in [1.82, 2.24) is 14.8 Å². The van der Waals surface area contributed by atoms with Gasteiger partial charge in [0.05, 0.1) is 0 Å². The minimum absolute atomic E-state index is 0.116. The minimum Gasteiger partial charge on any atom is -0.311 e. The lowest BCUT2D eigenvalue weighted by Crippen LogP contribution is -2.33. The van der Waals surface area contributed by atoms with Crippen LogP contribution in [0.25, 0.3) is 0 Å². The van der Waals surface area contributed by atoms with Crippen molar-refractivity contribution >= 4 is 11.6 Å². The van der Waals surface area contributed by atoms with E-state index in [9.17, 15) is 9.18 Å². The number of anilines is 1. The summed E-state index contributed by atoms with van der Waals surface area (Å²) in [6, 6.07) is 5.83. The van der Waals surface area contributed by atoms with Crippen LogP contribution >= 0.6 is 0 Å². The number of aromatic nitrogens is 3. The number of rotatable bonds is 4. The fraction of sp³-hybridized carbons (Fsp3) is 0.250. The normalized spacial score (nSPS) is 10.3. The summed E-state index contributed by atoms with van der Waals surface area (Å²) in [5.41, 5.74) is 0.670. The van der Waals surface area contributed by atoms with Crippen molar-refractivity contribution in [3.05, 3.63) is 42.7 Å². The lowest BCUT2D eigenvalue weighted by Gasteiger charge is -2.20. The van der Waals surface area contributed by atoms with Gasteiger partial charge in [0, 0.05) is 12.2 Å². The molecule has 0 atom stereocenters. The molecule has 1 aromatic carbocycles. The van der Waals surface area contributed by atoms with E-state index in [1.54, 1.807) is 17.0 Å². The first-order valence-electron chi connectivity index (χ1n) is 5.59. The molecule has 6 heteroatoms. The minimum atomic E-state index is -0.321. The van der Waals surface area contributed by atoms with Gasteiger partial charge in [0.15, 0.2) is 0 Å². The maximum Gasteiger partial charge on any atom is 0.248 e. The maximum absolute atomic E-state index is 12.8. The molecule has 0 spiro atoms. The zero-order chi connectivity index (χ0) is 13.0. The number of carbonyl (C=O) groups is 1. The number of carbonyl (C=O) groups excluding carboxylic acids is 1. The molecule has 0 fully saturated rings. The van der Waals surface area contributed by atoms with E-state index in [1.165, 1.54) is 29.5 Å². The molecule has 0 N–H and O–H groups in total. The summed E-state index contributed by atoms with van der Waals surface area (Å²) in [5, 5.41) is 3.88. The second-order valence-electron chi connectivity index (χ2n) is 3.71. The number of halogens is 1. The molecule has 5 nitrogen and oxygen atoms in total. The number of benzene rings is 1. The van der Waals surface area contributed by atoms with Crippen LogP contribution in [-0.4, -0.2) is 27.2 Å². The zero-order valence-electron chi connectivity index (χ0n) is 9.95. The van der Waals surface area contributed by atoms with Gasteiger partial charge in [0.2, 0.25) is 5.91 Å². The Morgan fingerprint density at radius 1 is 1.39 bits per heavy atom. The highest BCUT2D eigenvalue weighted by molar-refractivity contribution is 5.93. The van der Waals surface area contributed by atoms with E-state index in [1.807, 2.05) is 6.92 Å². The Bertz CT molecular complexity index is 509. The van der Waals surface area contributed by atoms with Crippen LogP contribution in [0.15, 0.2) is 36.9 Å². The van der Waals surface area contributed by atoms with Crippen LogP contribution in [0.2, 0.25) is 0 Å². The molecule has 0 saturated carbocycles. The van der Waals surface area contributed by atoms with Gasteiger partial charge in [-0.2, -0.15) is 5.10 Å². The summed E-state index contributed by atoms with van der Waals surface area (Å²) in [7, 11) is 0. The van der Waals surface area contributed by atoms with Crippen molar-refractivity contribution in [2.24, 2.45) is 0 Å². The highest BCUT2D eigenvalue weighted by atomic mass is 19.1. The predicted octanol–water partition coefficient (Wildman–Crippen LogP) is 1.47. The van der Waals surface area contributed by atoms with E-state index in [4.69, 9.17) is 0 Å². The van der Waals surface area contributed by atoms with Gasteiger partial charge in [0.1, 0.15) is 25.0 Å². The largest absolute Gasteiger partial charge is 0.311 e. The van der Waals surface area contributed by atoms with Gasteiger partial charge in [-0.15, -0.1) is 0 Å². The first kappa shape index (κ1) is 12.2. The Hall–Kier alpha value is -2.24. The van der Waals surface area contributed by atoms with Gasteiger partial charge in [-0.3, -0.25) is 4.79 Å². The molecule has 1 aromatic heterocycles. The van der Waals surface area contributed by atoms with Crippen LogP contribution in [0.5, 0.6) is 0 Å². The lowest BCUT2D eigenvalue weighted by molar-refractivity contribution is -0.119. The first-order valence-corrected chi connectivity index (χ1v) is 5.59. The van der Waals surface area contributed by atoms with Crippen LogP contribution in [0, 0.1) is 5.82 Å². The van der Waals surface area contributed by atoms with Crippen LogP contribution in [0.3, 0.4) is 0 Å². The second-order valence-corrected chi connectivity index (χ2v) is 3.71. The maximum atomic E-state index is 12.8. The van der Waals surface area contributed by atoms with Crippen LogP contribution in [-0.2, 0) is 11.3 Å². The predicted molar refractivity (Wildman–Crippen MR) is 64.4 cm³/mol. The van der Waals surface area contributed by atoms with Gasteiger partial charge in [0.25, 0.3) is 0 Å². The second kappa shape index (κ2) is 5.39. The molecule has 94 valence electrons. The molecule has 0 bridgehead atoms. The number of hydrogen-bond donors (Lipinski definition) is 0. The Morgan fingerprint density at radius 3 is 2.67 bits per heavy atom. The summed E-state index contributed by atoms with van der Waals surface area (Å²) in [5.74, 6) is -0.437. The van der Waals surface area contributed by atoms with Crippen molar-refractivity contribution in [3.63, 3.8) is 0 Å². The van der Waals surface area contributed by atoms with Crippen LogP contribution < -0.4 is 4.90 Å². The van der Waals surface area contributed by atoms with Crippen molar-refractivity contribution < 1.29 is 9.18 Å². The van der Waals surface area contributed by atoms with Crippen LogP contribution in [0.4, 0.5) is 10.1 Å². The van der Waals surface area contributed by atoms with Gasteiger partial charge >= 0.3 is 0 Å². The first-order chi connectivity index (χ1) is 8.70. The van der Waals surface area contributed by atoms with Gasteiger partial charge < -0.3 is 4.90 Å². The highest BCUT2D eigenvalue weighted by Crippen LogP contribution is 2.15. The molecule has 0 aliphatic heterocycles. The lowest BCUT2D eigenvalue weighted by atomic mass is 10.2. The average molecular weight is 248 g/mol. The fourth-order valence-electron chi connectivity index (χ4n) is 1.66. The third-order valence-corrected chi connectivity index (χ3v) is 2.52. The van der Waals surface area contributed by atoms with E-state index in [-0.39, 0.29) is 18.3 Å². The SMILES string of the molecule is CCN(C(=O)Cn1cncn1)c1ccc(F)cc1. The number of nitrogens with zero attached hydrogens (tertiary/aromatic N) is 4. The molecular formula is C12H13FN4O. The molecule has 18 heavy (non-hydrogen) atoms. The molecule has 0 saturated heterocycles. The molecule has 2 rings (SSSR count). The summed E-state index contributed by atoms with van der Waals surface area (Å²) < 4.78 is 14.3. The Balaban J connectivity index is 2.13. The fourth-order valence-corrected chi connectivity index (χ4v) is 1.66. The van der Waals surface area contributed by atoms with E-state index >= 15 is 0 Å². The summed E-state index contributed by atoms with van der Waals surface area (Å²) in [4.78, 5) is 17.4. The highest BCUT2D eigenvalue weighted by Gasteiger charge is 2.14. The molecule has 0 aliphatic carbocycles. The summed E-state index contributed by atoms with van der Waals surface area (Å²) in [6.45, 7) is 2.49. The molecule has 0 radical (unpaired) electrons. The molecule has 2 aromatic rings. The summed E-state index contributed by atoms with van der Waals surface area (Å²) in [6.07, 6.45) is 2.86. The zero-order valence-corrected chi connectivity index (χ0v) is 9.95. The van der Waals surface area contributed by atoms with Crippen molar-refractivity contribution in [1.29, 1.82) is 0 Å². The Kier molecular flexibility index (Phi) is 3.66. The number of hydrogen-bond acceptors (Lipinski definition) is 3. The molecule has 0 aliphatic rings. The van der Waals surface area contributed by atoms with Crippen molar-refractivity contribution in [3.8, 4) is 0 Å². The number of likely N-dealkylation sites (N-methyl/N-ethyl adjacent to an activating group) is 1. The quantitative estimate of drug-likeness (QED) is 0.823. The Labute approximate surface area is 104 Å². The van der Waals surface area contributed by atoms with E-state index in [0.29, 0.717) is 12.2 Å². The standard InChI is InChI=1S/C12H13FN4O/c1-2-17(11-5-3-10(13)4-6-11)12(18)7-16-9-14-8-15-16/h3-6,8-9H,2,7H2,1H3. The molecular weight excluding hydrogens is 235 g/mol.